The van der Waals surface area contributed by atoms with Gasteiger partial charge in [0.25, 0.3) is 0 Å². The van der Waals surface area contributed by atoms with Gasteiger partial charge in [-0.3, -0.25) is 14.5 Å². The predicted molar refractivity (Wildman–Crippen MR) is 129 cm³/mol. The summed E-state index contributed by atoms with van der Waals surface area (Å²) in [6, 6.07) is 17.2. The van der Waals surface area contributed by atoms with Crippen LogP contribution in [0, 0.1) is 5.92 Å². The van der Waals surface area contributed by atoms with Gasteiger partial charge in [0.1, 0.15) is 19.9 Å². The maximum absolute atomic E-state index is 13.6. The van der Waals surface area contributed by atoms with Gasteiger partial charge < -0.3 is 24.2 Å². The molecule has 0 spiro atoms. The molecule has 1 aliphatic carbocycles. The molecule has 11 heteroatoms. The number of imide groups is 1. The van der Waals surface area contributed by atoms with Crippen molar-refractivity contribution in [2.45, 2.75) is 37.6 Å². The fraction of sp³-hybridized carbons (Fsp3) is 0.346. The first-order chi connectivity index (χ1) is 18.1. The standard InChI is InChI=1S/C26H25N5O6/c32-22(27-17-9-5-2-6-10-17)13-30-19-12-21-20(35-15-36-21)11-18(19)25(33)31(26(30)34)14-23-28-24(29-37-23)16-7-3-1-4-8-16/h1-10,18-21H,11-15H2,(H,27,32). The van der Waals surface area contributed by atoms with E-state index in [1.165, 1.54) is 4.90 Å². The lowest BCUT2D eigenvalue weighted by Crippen LogP contribution is -2.65. The van der Waals surface area contributed by atoms with Crippen molar-refractivity contribution in [1.82, 2.24) is 19.9 Å². The first-order valence-corrected chi connectivity index (χ1v) is 12.1. The van der Waals surface area contributed by atoms with Crippen LogP contribution in [0.15, 0.2) is 65.2 Å². The summed E-state index contributed by atoms with van der Waals surface area (Å²) >= 11 is 0. The molecule has 0 radical (unpaired) electrons. The number of fused-ring (bicyclic) bond motifs is 2. The Balaban J connectivity index is 1.25. The smallest absolute Gasteiger partial charge is 0.327 e. The van der Waals surface area contributed by atoms with Crippen molar-refractivity contribution >= 4 is 23.5 Å². The Morgan fingerprint density at radius 2 is 1.68 bits per heavy atom. The Labute approximate surface area is 212 Å². The van der Waals surface area contributed by atoms with E-state index in [1.54, 1.807) is 12.1 Å². The minimum atomic E-state index is -0.578. The average molecular weight is 504 g/mol. The summed E-state index contributed by atoms with van der Waals surface area (Å²) in [7, 11) is 0. The van der Waals surface area contributed by atoms with Gasteiger partial charge in [-0.2, -0.15) is 4.98 Å². The number of nitrogens with one attached hydrogen (secondary N) is 1. The molecule has 2 aliphatic heterocycles. The van der Waals surface area contributed by atoms with Crippen LogP contribution in [0.4, 0.5) is 10.5 Å². The molecule has 1 saturated carbocycles. The van der Waals surface area contributed by atoms with Crippen LogP contribution in [0.5, 0.6) is 0 Å². The zero-order valence-electron chi connectivity index (χ0n) is 19.9. The number of carbonyl (C=O) groups is 3. The van der Waals surface area contributed by atoms with Crippen LogP contribution in [0.25, 0.3) is 11.4 Å². The molecule has 37 heavy (non-hydrogen) atoms. The third-order valence-electron chi connectivity index (χ3n) is 7.03. The van der Waals surface area contributed by atoms with Gasteiger partial charge in [0.2, 0.25) is 23.5 Å². The Hall–Kier alpha value is -4.09. The number of carbonyl (C=O) groups excluding carboxylic acids is 3. The highest BCUT2D eigenvalue weighted by atomic mass is 16.7. The number of hydrogen-bond donors (Lipinski definition) is 1. The fourth-order valence-electron chi connectivity index (χ4n) is 5.25. The number of amides is 4. The number of nitrogens with zero attached hydrogens (tertiary/aromatic N) is 4. The number of aromatic nitrogens is 2. The SMILES string of the molecule is O=C(CN1C(=O)N(Cc2nc(-c3ccccc3)no2)C(=O)C2CC3OCOC3CC21)Nc1ccccc1. The first-order valence-electron chi connectivity index (χ1n) is 12.1. The third kappa shape index (κ3) is 4.58. The molecule has 4 atom stereocenters. The van der Waals surface area contributed by atoms with Crippen molar-refractivity contribution in [2.24, 2.45) is 5.92 Å². The number of para-hydroxylation sites is 1. The zero-order valence-corrected chi connectivity index (χ0v) is 19.9. The van der Waals surface area contributed by atoms with Crippen molar-refractivity contribution in [3.05, 3.63) is 66.6 Å². The zero-order chi connectivity index (χ0) is 25.4. The summed E-state index contributed by atoms with van der Waals surface area (Å²) in [6.07, 6.45) is 0.358. The van der Waals surface area contributed by atoms with Crippen molar-refractivity contribution in [3.8, 4) is 11.4 Å². The summed E-state index contributed by atoms with van der Waals surface area (Å²) in [5.41, 5.74) is 1.38. The number of rotatable bonds is 6. The summed E-state index contributed by atoms with van der Waals surface area (Å²) < 4.78 is 16.7. The minimum Gasteiger partial charge on any atom is -0.349 e. The number of anilines is 1. The Kier molecular flexibility index (Phi) is 6.15. The maximum Gasteiger partial charge on any atom is 0.327 e. The minimum absolute atomic E-state index is 0.127. The largest absolute Gasteiger partial charge is 0.349 e. The van der Waals surface area contributed by atoms with E-state index < -0.39 is 18.0 Å². The fourth-order valence-corrected chi connectivity index (χ4v) is 5.25. The van der Waals surface area contributed by atoms with Gasteiger partial charge in [0, 0.05) is 17.3 Å². The molecule has 3 heterocycles. The van der Waals surface area contributed by atoms with Gasteiger partial charge in [0.05, 0.1) is 18.1 Å². The number of urea groups is 1. The quantitative estimate of drug-likeness (QED) is 0.544. The molecule has 190 valence electrons. The second-order valence-corrected chi connectivity index (χ2v) is 9.30. The van der Waals surface area contributed by atoms with Crippen LogP contribution in [0.1, 0.15) is 18.7 Å². The molecule has 11 nitrogen and oxygen atoms in total. The van der Waals surface area contributed by atoms with Crippen LogP contribution < -0.4 is 5.32 Å². The van der Waals surface area contributed by atoms with E-state index in [2.05, 4.69) is 15.5 Å². The average Bonchev–Trinajstić information content (AvgIpc) is 3.59. The van der Waals surface area contributed by atoms with E-state index in [-0.39, 0.29) is 49.8 Å². The van der Waals surface area contributed by atoms with E-state index in [0.29, 0.717) is 24.4 Å². The van der Waals surface area contributed by atoms with Gasteiger partial charge >= 0.3 is 6.03 Å². The van der Waals surface area contributed by atoms with Crippen LogP contribution in [-0.4, -0.2) is 69.4 Å². The second kappa shape index (κ2) is 9.75. The molecule has 3 aliphatic rings. The number of ether oxygens (including phenoxy) is 2. The molecule has 2 aromatic carbocycles. The van der Waals surface area contributed by atoms with E-state index in [4.69, 9.17) is 14.0 Å². The molecule has 4 unspecified atom stereocenters. The highest BCUT2D eigenvalue weighted by molar-refractivity contribution is 6.01. The lowest BCUT2D eigenvalue weighted by Gasteiger charge is -2.48. The van der Waals surface area contributed by atoms with E-state index in [1.807, 2.05) is 48.5 Å². The Bertz CT molecular complexity index is 1300. The van der Waals surface area contributed by atoms with Crippen LogP contribution in [-0.2, 0) is 25.6 Å². The molecular weight excluding hydrogens is 478 g/mol. The normalized spacial score (nSPS) is 25.1. The molecule has 6 rings (SSSR count). The van der Waals surface area contributed by atoms with Crippen LogP contribution in [0.2, 0.25) is 0 Å². The van der Waals surface area contributed by atoms with Gasteiger partial charge in [-0.05, 0) is 25.0 Å². The lowest BCUT2D eigenvalue weighted by molar-refractivity contribution is -0.145. The highest BCUT2D eigenvalue weighted by Crippen LogP contribution is 2.39. The predicted octanol–water partition coefficient (Wildman–Crippen LogP) is 2.66. The van der Waals surface area contributed by atoms with Crippen LogP contribution >= 0.6 is 0 Å². The van der Waals surface area contributed by atoms with Gasteiger partial charge in [-0.25, -0.2) is 4.79 Å². The monoisotopic (exact) mass is 503 g/mol. The molecule has 4 amide bonds. The summed E-state index contributed by atoms with van der Waals surface area (Å²) in [5, 5.41) is 6.81. The van der Waals surface area contributed by atoms with Crippen molar-refractivity contribution in [2.75, 3.05) is 18.7 Å². The molecular formula is C26H25N5O6. The third-order valence-corrected chi connectivity index (χ3v) is 7.03. The van der Waals surface area contributed by atoms with E-state index >= 15 is 0 Å². The van der Waals surface area contributed by atoms with Gasteiger partial charge in [-0.1, -0.05) is 53.7 Å². The van der Waals surface area contributed by atoms with E-state index in [0.717, 1.165) is 10.5 Å². The second-order valence-electron chi connectivity index (χ2n) is 9.30. The molecule has 1 aromatic heterocycles. The van der Waals surface area contributed by atoms with E-state index in [9.17, 15) is 14.4 Å². The molecule has 0 bridgehead atoms. The summed E-state index contributed by atoms with van der Waals surface area (Å²) in [5.74, 6) is -0.754. The van der Waals surface area contributed by atoms with Crippen molar-refractivity contribution < 1.29 is 28.4 Å². The summed E-state index contributed by atoms with van der Waals surface area (Å²) in [6.45, 7) is -0.252. The Morgan fingerprint density at radius 3 is 2.43 bits per heavy atom. The highest BCUT2D eigenvalue weighted by Gasteiger charge is 2.53. The van der Waals surface area contributed by atoms with Gasteiger partial charge in [0.15, 0.2) is 0 Å². The Morgan fingerprint density at radius 1 is 0.973 bits per heavy atom. The number of benzene rings is 2. The maximum atomic E-state index is 13.6. The first kappa shape index (κ1) is 23.3. The molecule has 3 aromatic rings. The molecule has 1 N–H and O–H groups in total. The van der Waals surface area contributed by atoms with Crippen molar-refractivity contribution in [1.29, 1.82) is 0 Å². The van der Waals surface area contributed by atoms with Crippen molar-refractivity contribution in [3.63, 3.8) is 0 Å². The topological polar surface area (TPSA) is 127 Å². The summed E-state index contributed by atoms with van der Waals surface area (Å²) in [4.78, 5) is 47.0. The molecule has 2 saturated heterocycles. The number of hydrogen-bond acceptors (Lipinski definition) is 8. The molecule has 3 fully saturated rings. The van der Waals surface area contributed by atoms with Gasteiger partial charge in [-0.15, -0.1) is 0 Å². The van der Waals surface area contributed by atoms with Crippen LogP contribution in [0.3, 0.4) is 0 Å². The lowest BCUT2D eigenvalue weighted by atomic mass is 9.78.